The number of aryl methyl sites for hydroxylation is 1. The molecule has 2 aromatic carbocycles. The first kappa shape index (κ1) is 13.4. The van der Waals surface area contributed by atoms with Crippen LogP contribution in [-0.2, 0) is 9.59 Å². The molecule has 0 radical (unpaired) electrons. The van der Waals surface area contributed by atoms with Crippen LogP contribution in [0.4, 0.5) is 11.4 Å². The van der Waals surface area contributed by atoms with Crippen molar-refractivity contribution in [3.8, 4) is 0 Å². The lowest BCUT2D eigenvalue weighted by atomic mass is 9.99. The summed E-state index contributed by atoms with van der Waals surface area (Å²) in [6.45, 7) is 1.92. The Morgan fingerprint density at radius 3 is 2.52 bits per heavy atom. The van der Waals surface area contributed by atoms with E-state index in [2.05, 4.69) is 5.32 Å². The molecule has 106 valence electrons. The molecule has 0 aliphatic carbocycles. The van der Waals surface area contributed by atoms with Crippen molar-refractivity contribution in [1.82, 2.24) is 0 Å². The number of hydrogen-bond acceptors (Lipinski definition) is 2. The summed E-state index contributed by atoms with van der Waals surface area (Å²) in [5, 5.41) is 2.86. The second-order valence-electron chi connectivity index (χ2n) is 5.19. The third-order valence-corrected chi connectivity index (χ3v) is 3.85. The highest BCUT2D eigenvalue weighted by Gasteiger charge is 2.39. The highest BCUT2D eigenvalue weighted by molar-refractivity contribution is 6.20. The van der Waals surface area contributed by atoms with Crippen molar-refractivity contribution in [1.29, 1.82) is 0 Å². The fourth-order valence-electron chi connectivity index (χ4n) is 2.65. The minimum Gasteiger partial charge on any atom is -0.325 e. The highest BCUT2D eigenvalue weighted by atomic mass is 16.2. The van der Waals surface area contributed by atoms with Crippen molar-refractivity contribution < 1.29 is 9.59 Å². The lowest BCUT2D eigenvalue weighted by molar-refractivity contribution is -0.126. The Balaban J connectivity index is 1.92. The van der Waals surface area contributed by atoms with E-state index in [9.17, 15) is 9.59 Å². The Bertz CT molecular complexity index is 724. The van der Waals surface area contributed by atoms with Crippen LogP contribution in [0.15, 0.2) is 48.5 Å². The van der Waals surface area contributed by atoms with Crippen molar-refractivity contribution in [3.05, 3.63) is 59.7 Å². The van der Waals surface area contributed by atoms with Crippen molar-refractivity contribution in [2.75, 3.05) is 17.3 Å². The number of carbonyl (C=O) groups excluding carboxylic acids is 2. The molecule has 0 unspecified atom stereocenters. The predicted molar refractivity (Wildman–Crippen MR) is 82.4 cm³/mol. The molecule has 0 bridgehead atoms. The van der Waals surface area contributed by atoms with E-state index >= 15 is 0 Å². The highest BCUT2D eigenvalue weighted by Crippen LogP contribution is 2.36. The van der Waals surface area contributed by atoms with Gasteiger partial charge in [0.2, 0.25) is 11.8 Å². The fourth-order valence-corrected chi connectivity index (χ4v) is 2.65. The Kier molecular flexibility index (Phi) is 3.22. The minimum atomic E-state index is -0.772. The molecule has 4 heteroatoms. The molecule has 3 rings (SSSR count). The number of benzene rings is 2. The summed E-state index contributed by atoms with van der Waals surface area (Å²) in [4.78, 5) is 26.4. The van der Waals surface area contributed by atoms with Gasteiger partial charge in [-0.15, -0.1) is 0 Å². The Labute approximate surface area is 123 Å². The first-order valence-corrected chi connectivity index (χ1v) is 6.82. The Morgan fingerprint density at radius 1 is 1.10 bits per heavy atom. The molecule has 1 atom stereocenters. The van der Waals surface area contributed by atoms with Crippen LogP contribution in [0.2, 0.25) is 0 Å². The van der Waals surface area contributed by atoms with E-state index < -0.39 is 5.92 Å². The molecule has 0 aromatic heterocycles. The van der Waals surface area contributed by atoms with Crippen LogP contribution in [0.5, 0.6) is 0 Å². The summed E-state index contributed by atoms with van der Waals surface area (Å²) in [6.07, 6.45) is 0. The minimum absolute atomic E-state index is 0.192. The van der Waals surface area contributed by atoms with Crippen LogP contribution in [0, 0.1) is 6.92 Å². The maximum Gasteiger partial charge on any atom is 0.243 e. The molecule has 2 aromatic rings. The number of amides is 2. The van der Waals surface area contributed by atoms with Crippen molar-refractivity contribution in [2.45, 2.75) is 12.8 Å². The van der Waals surface area contributed by atoms with Gasteiger partial charge in [-0.3, -0.25) is 9.59 Å². The lowest BCUT2D eigenvalue weighted by Gasteiger charge is -2.13. The molecule has 4 nitrogen and oxygen atoms in total. The quantitative estimate of drug-likeness (QED) is 0.860. The standard InChI is InChI=1S/C17H16N2O2/c1-11-7-3-5-9-13(11)18-16(20)15-12-8-4-6-10-14(12)19(2)17(15)21/h3-10,15H,1-2H3,(H,18,20)/t15-/m1/s1. The number of fused-ring (bicyclic) bond motifs is 1. The third-order valence-electron chi connectivity index (χ3n) is 3.85. The zero-order valence-corrected chi connectivity index (χ0v) is 12.0. The zero-order chi connectivity index (χ0) is 15.0. The van der Waals surface area contributed by atoms with Crippen LogP contribution in [0.25, 0.3) is 0 Å². The molecule has 1 aliphatic rings. The van der Waals surface area contributed by atoms with E-state index in [1.54, 1.807) is 7.05 Å². The number of nitrogens with one attached hydrogen (secondary N) is 1. The van der Waals surface area contributed by atoms with Crippen LogP contribution >= 0.6 is 0 Å². The van der Waals surface area contributed by atoms with Crippen LogP contribution in [-0.4, -0.2) is 18.9 Å². The summed E-state index contributed by atoms with van der Waals surface area (Å²) in [6, 6.07) is 14.9. The number of para-hydroxylation sites is 2. The van der Waals surface area contributed by atoms with Crippen LogP contribution in [0.1, 0.15) is 17.0 Å². The van der Waals surface area contributed by atoms with Gasteiger partial charge in [-0.2, -0.15) is 0 Å². The molecule has 0 saturated carbocycles. The van der Waals surface area contributed by atoms with Gasteiger partial charge in [0.25, 0.3) is 0 Å². The summed E-state index contributed by atoms with van der Waals surface area (Å²) in [7, 11) is 1.70. The smallest absolute Gasteiger partial charge is 0.243 e. The van der Waals surface area contributed by atoms with Gasteiger partial charge in [-0.25, -0.2) is 0 Å². The zero-order valence-electron chi connectivity index (χ0n) is 12.0. The molecule has 21 heavy (non-hydrogen) atoms. The molecule has 0 spiro atoms. The van der Waals surface area contributed by atoms with Gasteiger partial charge >= 0.3 is 0 Å². The molecule has 1 heterocycles. The van der Waals surface area contributed by atoms with E-state index in [0.717, 1.165) is 22.5 Å². The van der Waals surface area contributed by atoms with Gasteiger partial charge in [0.1, 0.15) is 5.92 Å². The average Bonchev–Trinajstić information content (AvgIpc) is 2.74. The average molecular weight is 280 g/mol. The van der Waals surface area contributed by atoms with Gasteiger partial charge in [0.05, 0.1) is 0 Å². The Morgan fingerprint density at radius 2 is 1.76 bits per heavy atom. The number of hydrogen-bond donors (Lipinski definition) is 1. The van der Waals surface area contributed by atoms with Gasteiger partial charge in [0, 0.05) is 18.4 Å². The number of rotatable bonds is 2. The van der Waals surface area contributed by atoms with Gasteiger partial charge in [-0.05, 0) is 30.2 Å². The first-order chi connectivity index (χ1) is 10.1. The summed E-state index contributed by atoms with van der Waals surface area (Å²) in [5.74, 6) is -1.25. The second-order valence-corrected chi connectivity index (χ2v) is 5.19. The molecule has 2 amide bonds. The Hall–Kier alpha value is -2.62. The van der Waals surface area contributed by atoms with Crippen LogP contribution in [0.3, 0.4) is 0 Å². The molecular formula is C17H16N2O2. The molecule has 0 fully saturated rings. The van der Waals surface area contributed by atoms with Crippen molar-refractivity contribution in [2.24, 2.45) is 0 Å². The summed E-state index contributed by atoms with van der Waals surface area (Å²) >= 11 is 0. The number of carbonyl (C=O) groups is 2. The maximum absolute atomic E-state index is 12.5. The second kappa shape index (κ2) is 5.05. The number of likely N-dealkylation sites (N-methyl/N-ethyl adjacent to an activating group) is 1. The molecule has 1 N–H and O–H groups in total. The fraction of sp³-hybridized carbons (Fsp3) is 0.176. The number of nitrogens with zero attached hydrogens (tertiary/aromatic N) is 1. The van der Waals surface area contributed by atoms with Gasteiger partial charge < -0.3 is 10.2 Å². The molecular weight excluding hydrogens is 264 g/mol. The van der Waals surface area contributed by atoms with Gasteiger partial charge in [0.15, 0.2) is 0 Å². The molecule has 0 saturated heterocycles. The lowest BCUT2D eigenvalue weighted by Crippen LogP contribution is -2.31. The maximum atomic E-state index is 12.5. The van der Waals surface area contributed by atoms with E-state index in [0.29, 0.717) is 0 Å². The largest absolute Gasteiger partial charge is 0.325 e. The number of anilines is 2. The monoisotopic (exact) mass is 280 g/mol. The SMILES string of the molecule is Cc1ccccc1NC(=O)[C@@H]1C(=O)N(C)c2ccccc21. The third kappa shape index (κ3) is 2.18. The van der Waals surface area contributed by atoms with E-state index in [-0.39, 0.29) is 11.8 Å². The first-order valence-electron chi connectivity index (χ1n) is 6.82. The van der Waals surface area contributed by atoms with Crippen LogP contribution < -0.4 is 10.2 Å². The molecule has 1 aliphatic heterocycles. The van der Waals surface area contributed by atoms with E-state index in [1.807, 2.05) is 55.5 Å². The van der Waals surface area contributed by atoms with Gasteiger partial charge in [-0.1, -0.05) is 36.4 Å². The van der Waals surface area contributed by atoms with E-state index in [4.69, 9.17) is 0 Å². The van der Waals surface area contributed by atoms with E-state index in [1.165, 1.54) is 4.90 Å². The van der Waals surface area contributed by atoms with Crippen molar-refractivity contribution in [3.63, 3.8) is 0 Å². The normalized spacial score (nSPS) is 16.8. The predicted octanol–water partition coefficient (Wildman–Crippen LogP) is 2.69. The topological polar surface area (TPSA) is 49.4 Å². The van der Waals surface area contributed by atoms with Crippen molar-refractivity contribution >= 4 is 23.2 Å². The summed E-state index contributed by atoms with van der Waals surface area (Å²) < 4.78 is 0. The summed E-state index contributed by atoms with van der Waals surface area (Å²) in [5.41, 5.74) is 3.27.